The summed E-state index contributed by atoms with van der Waals surface area (Å²) in [6.45, 7) is 3.67. The zero-order valence-corrected chi connectivity index (χ0v) is 12.2. The number of ether oxygens (including phenoxy) is 1. The summed E-state index contributed by atoms with van der Waals surface area (Å²) < 4.78 is 11.8. The molecule has 2 aromatic rings. The van der Waals surface area contributed by atoms with Gasteiger partial charge in [-0.1, -0.05) is 0 Å². The first-order valence-electron chi connectivity index (χ1n) is 7.82. The molecule has 1 N–H and O–H groups in total. The first-order valence-corrected chi connectivity index (χ1v) is 7.82. The summed E-state index contributed by atoms with van der Waals surface area (Å²) in [5.41, 5.74) is 2.45. The standard InChI is InChI=1S/C16H21N3O2/c1-2-8-20-15(3-1)16-5-4-12(21-16)9-19-7-6-13-14(10-19)18-11-17-13/h4-5,11,15H,1-3,6-10H2,(H,17,18). The molecule has 0 amide bonds. The Balaban J connectivity index is 1.40. The Kier molecular flexibility index (Phi) is 3.53. The van der Waals surface area contributed by atoms with Crippen molar-refractivity contribution in [2.75, 3.05) is 13.2 Å². The average molecular weight is 287 g/mol. The molecule has 1 atom stereocenters. The van der Waals surface area contributed by atoms with E-state index in [1.165, 1.54) is 24.2 Å². The van der Waals surface area contributed by atoms with Crippen LogP contribution in [0.5, 0.6) is 0 Å². The lowest BCUT2D eigenvalue weighted by molar-refractivity contribution is 0.000794. The van der Waals surface area contributed by atoms with Crippen LogP contribution in [0.25, 0.3) is 0 Å². The third kappa shape index (κ3) is 2.76. The fraction of sp³-hybridized carbons (Fsp3) is 0.562. The molecule has 2 aromatic heterocycles. The van der Waals surface area contributed by atoms with Crippen LogP contribution in [0.15, 0.2) is 22.9 Å². The molecular weight excluding hydrogens is 266 g/mol. The Morgan fingerprint density at radius 1 is 1.33 bits per heavy atom. The quantitative estimate of drug-likeness (QED) is 0.943. The number of aromatic amines is 1. The highest BCUT2D eigenvalue weighted by atomic mass is 16.5. The molecule has 2 aliphatic rings. The van der Waals surface area contributed by atoms with Gasteiger partial charge in [0.15, 0.2) is 0 Å². The molecule has 4 rings (SSSR count). The number of nitrogens with zero attached hydrogens (tertiary/aromatic N) is 2. The third-order valence-corrected chi connectivity index (χ3v) is 4.41. The number of hydrogen-bond donors (Lipinski definition) is 1. The molecular formula is C16H21N3O2. The van der Waals surface area contributed by atoms with Gasteiger partial charge in [-0.15, -0.1) is 0 Å². The molecule has 0 bridgehead atoms. The van der Waals surface area contributed by atoms with Crippen molar-refractivity contribution in [3.8, 4) is 0 Å². The van der Waals surface area contributed by atoms with E-state index in [2.05, 4.69) is 27.0 Å². The average Bonchev–Trinajstić information content (AvgIpc) is 3.17. The van der Waals surface area contributed by atoms with Gasteiger partial charge in [0, 0.05) is 26.1 Å². The third-order valence-electron chi connectivity index (χ3n) is 4.41. The zero-order valence-electron chi connectivity index (χ0n) is 12.2. The highest BCUT2D eigenvalue weighted by Crippen LogP contribution is 2.29. The minimum Gasteiger partial charge on any atom is -0.462 e. The van der Waals surface area contributed by atoms with E-state index in [0.717, 1.165) is 50.6 Å². The summed E-state index contributed by atoms with van der Waals surface area (Å²) in [4.78, 5) is 9.96. The lowest BCUT2D eigenvalue weighted by Gasteiger charge is -2.25. The van der Waals surface area contributed by atoms with Crippen molar-refractivity contribution in [1.82, 2.24) is 14.9 Å². The van der Waals surface area contributed by atoms with Gasteiger partial charge in [0.05, 0.1) is 24.3 Å². The van der Waals surface area contributed by atoms with Gasteiger partial charge in [0.1, 0.15) is 17.6 Å². The van der Waals surface area contributed by atoms with Crippen LogP contribution in [0.1, 0.15) is 48.3 Å². The molecule has 0 radical (unpaired) electrons. The lowest BCUT2D eigenvalue weighted by Crippen LogP contribution is -2.29. The van der Waals surface area contributed by atoms with Gasteiger partial charge in [-0.3, -0.25) is 4.90 Å². The number of furan rings is 1. The van der Waals surface area contributed by atoms with Crippen LogP contribution in [-0.4, -0.2) is 28.0 Å². The first-order chi connectivity index (χ1) is 10.4. The molecule has 1 fully saturated rings. The number of nitrogens with one attached hydrogen (secondary N) is 1. The van der Waals surface area contributed by atoms with Crippen LogP contribution in [0, 0.1) is 0 Å². The molecule has 0 aliphatic carbocycles. The Bertz CT molecular complexity index is 598. The summed E-state index contributed by atoms with van der Waals surface area (Å²) in [5.74, 6) is 2.02. The minimum atomic E-state index is 0.160. The van der Waals surface area contributed by atoms with Gasteiger partial charge in [-0.05, 0) is 31.4 Å². The van der Waals surface area contributed by atoms with Crippen LogP contribution in [0.4, 0.5) is 0 Å². The fourth-order valence-corrected chi connectivity index (χ4v) is 3.24. The van der Waals surface area contributed by atoms with E-state index in [-0.39, 0.29) is 6.10 Å². The Labute approximate surface area is 124 Å². The maximum absolute atomic E-state index is 6.00. The predicted octanol–water partition coefficient (Wildman–Crippen LogP) is 2.80. The van der Waals surface area contributed by atoms with E-state index in [4.69, 9.17) is 9.15 Å². The monoisotopic (exact) mass is 287 g/mol. The van der Waals surface area contributed by atoms with Crippen molar-refractivity contribution in [2.24, 2.45) is 0 Å². The van der Waals surface area contributed by atoms with Gasteiger partial charge in [0.2, 0.25) is 0 Å². The number of fused-ring (bicyclic) bond motifs is 1. The van der Waals surface area contributed by atoms with Crippen LogP contribution in [-0.2, 0) is 24.2 Å². The van der Waals surface area contributed by atoms with Crippen LogP contribution in [0.2, 0.25) is 0 Å². The molecule has 21 heavy (non-hydrogen) atoms. The van der Waals surface area contributed by atoms with E-state index in [1.54, 1.807) is 6.33 Å². The van der Waals surface area contributed by atoms with Gasteiger partial charge in [-0.25, -0.2) is 4.98 Å². The second kappa shape index (κ2) is 5.66. The minimum absolute atomic E-state index is 0.160. The maximum Gasteiger partial charge on any atom is 0.133 e. The molecule has 1 saturated heterocycles. The van der Waals surface area contributed by atoms with E-state index in [0.29, 0.717) is 0 Å². The van der Waals surface area contributed by atoms with Gasteiger partial charge < -0.3 is 14.1 Å². The van der Waals surface area contributed by atoms with E-state index in [9.17, 15) is 0 Å². The van der Waals surface area contributed by atoms with Crippen LogP contribution >= 0.6 is 0 Å². The molecule has 0 aromatic carbocycles. The van der Waals surface area contributed by atoms with Crippen molar-refractivity contribution in [1.29, 1.82) is 0 Å². The van der Waals surface area contributed by atoms with Crippen LogP contribution in [0.3, 0.4) is 0 Å². The number of hydrogen-bond acceptors (Lipinski definition) is 4. The summed E-state index contributed by atoms with van der Waals surface area (Å²) in [5, 5.41) is 0. The maximum atomic E-state index is 6.00. The molecule has 0 spiro atoms. The number of aromatic nitrogens is 2. The van der Waals surface area contributed by atoms with Crippen LogP contribution < -0.4 is 0 Å². The van der Waals surface area contributed by atoms with Gasteiger partial charge >= 0.3 is 0 Å². The Hall–Kier alpha value is -1.59. The topological polar surface area (TPSA) is 54.3 Å². The van der Waals surface area contributed by atoms with E-state index < -0.39 is 0 Å². The molecule has 2 aliphatic heterocycles. The molecule has 112 valence electrons. The summed E-state index contributed by atoms with van der Waals surface area (Å²) in [6, 6.07) is 4.17. The number of imidazole rings is 1. The largest absolute Gasteiger partial charge is 0.462 e. The summed E-state index contributed by atoms with van der Waals surface area (Å²) in [6.07, 6.45) is 6.44. The van der Waals surface area contributed by atoms with Crippen molar-refractivity contribution in [3.63, 3.8) is 0 Å². The van der Waals surface area contributed by atoms with Gasteiger partial charge in [-0.2, -0.15) is 0 Å². The fourth-order valence-electron chi connectivity index (χ4n) is 3.24. The van der Waals surface area contributed by atoms with Crippen molar-refractivity contribution in [2.45, 2.75) is 44.9 Å². The smallest absolute Gasteiger partial charge is 0.133 e. The summed E-state index contributed by atoms with van der Waals surface area (Å²) >= 11 is 0. The SMILES string of the molecule is c1nc2c([nH]1)CN(Cc1ccc(C3CCCCO3)o1)CC2. The molecule has 5 nitrogen and oxygen atoms in total. The second-order valence-electron chi connectivity index (χ2n) is 5.95. The van der Waals surface area contributed by atoms with Crippen molar-refractivity contribution < 1.29 is 9.15 Å². The number of rotatable bonds is 3. The Morgan fingerprint density at radius 2 is 2.33 bits per heavy atom. The zero-order chi connectivity index (χ0) is 14.1. The molecule has 4 heterocycles. The van der Waals surface area contributed by atoms with E-state index >= 15 is 0 Å². The normalized spacial score (nSPS) is 23.1. The summed E-state index contributed by atoms with van der Waals surface area (Å²) in [7, 11) is 0. The predicted molar refractivity (Wildman–Crippen MR) is 77.7 cm³/mol. The number of H-pyrrole nitrogens is 1. The van der Waals surface area contributed by atoms with Gasteiger partial charge in [0.25, 0.3) is 0 Å². The van der Waals surface area contributed by atoms with E-state index in [1.807, 2.05) is 0 Å². The van der Waals surface area contributed by atoms with Crippen molar-refractivity contribution >= 4 is 0 Å². The first kappa shape index (κ1) is 13.1. The highest BCUT2D eigenvalue weighted by Gasteiger charge is 2.22. The molecule has 5 heteroatoms. The highest BCUT2D eigenvalue weighted by molar-refractivity contribution is 5.15. The molecule has 0 saturated carbocycles. The molecule has 1 unspecified atom stereocenters. The Morgan fingerprint density at radius 3 is 3.24 bits per heavy atom. The van der Waals surface area contributed by atoms with Crippen molar-refractivity contribution in [3.05, 3.63) is 41.4 Å². The second-order valence-corrected chi connectivity index (χ2v) is 5.95. The lowest BCUT2D eigenvalue weighted by atomic mass is 10.1.